The quantitative estimate of drug-likeness (QED) is 0.460. The van der Waals surface area contributed by atoms with Gasteiger partial charge in [-0.15, -0.1) is 24.8 Å². The van der Waals surface area contributed by atoms with E-state index in [1.54, 1.807) is 7.11 Å². The van der Waals surface area contributed by atoms with Gasteiger partial charge in [-0.1, -0.05) is 6.07 Å². The summed E-state index contributed by atoms with van der Waals surface area (Å²) in [5, 5.41) is 3.51. The average Bonchev–Trinajstić information content (AvgIpc) is 2.81. The molecule has 0 amide bonds. The number of nitrogens with one attached hydrogen (secondary N) is 1. The number of rotatable bonds is 9. The van der Waals surface area contributed by atoms with Gasteiger partial charge in [-0.05, 0) is 51.3 Å². The van der Waals surface area contributed by atoms with Crippen molar-refractivity contribution in [1.29, 1.82) is 0 Å². The summed E-state index contributed by atoms with van der Waals surface area (Å²) in [5.74, 6) is 2.93. The van der Waals surface area contributed by atoms with Gasteiger partial charge in [-0.2, -0.15) is 0 Å². The number of hydrogen-bond acceptors (Lipinski definition) is 7. The monoisotopic (exact) mass is 564 g/mol. The first-order chi connectivity index (χ1) is 15.2. The summed E-state index contributed by atoms with van der Waals surface area (Å²) in [5.41, 5.74) is 2.14. The van der Waals surface area contributed by atoms with Gasteiger partial charge in [0, 0.05) is 32.7 Å². The van der Waals surface area contributed by atoms with E-state index in [-0.39, 0.29) is 24.8 Å². The Labute approximate surface area is 216 Å². The van der Waals surface area contributed by atoms with Crippen molar-refractivity contribution in [2.24, 2.45) is 0 Å². The van der Waals surface area contributed by atoms with Crippen molar-refractivity contribution < 1.29 is 23.7 Å². The second-order valence-corrected chi connectivity index (χ2v) is 8.36. The van der Waals surface area contributed by atoms with Gasteiger partial charge in [0.2, 0.25) is 0 Å². The highest BCUT2D eigenvalue weighted by Gasteiger charge is 2.15. The van der Waals surface area contributed by atoms with Crippen molar-refractivity contribution >= 4 is 40.7 Å². The summed E-state index contributed by atoms with van der Waals surface area (Å²) in [7, 11) is 1.66. The lowest BCUT2D eigenvalue weighted by Gasteiger charge is -2.26. The van der Waals surface area contributed by atoms with Crippen molar-refractivity contribution in [2.75, 3.05) is 59.7 Å². The molecule has 184 valence electrons. The molecule has 0 aromatic heterocycles. The Balaban J connectivity index is 0.00000193. The molecule has 0 spiro atoms. The van der Waals surface area contributed by atoms with E-state index in [0.29, 0.717) is 31.3 Å². The van der Waals surface area contributed by atoms with E-state index in [1.807, 2.05) is 24.3 Å². The highest BCUT2D eigenvalue weighted by molar-refractivity contribution is 9.10. The zero-order chi connectivity index (χ0) is 21.5. The van der Waals surface area contributed by atoms with E-state index in [9.17, 15) is 0 Å². The van der Waals surface area contributed by atoms with Crippen LogP contribution in [0.3, 0.4) is 0 Å². The molecule has 1 N–H and O–H groups in total. The molecule has 33 heavy (non-hydrogen) atoms. The Morgan fingerprint density at radius 2 is 1.73 bits per heavy atom. The molecule has 0 aliphatic carbocycles. The first kappa shape index (κ1) is 27.8. The molecule has 10 heteroatoms. The third-order valence-electron chi connectivity index (χ3n) is 5.32. The molecule has 2 aromatic rings. The van der Waals surface area contributed by atoms with Crippen molar-refractivity contribution in [3.8, 4) is 23.0 Å². The molecule has 1 fully saturated rings. The van der Waals surface area contributed by atoms with Crippen molar-refractivity contribution in [3.05, 3.63) is 45.9 Å². The topological polar surface area (TPSA) is 61.4 Å². The van der Waals surface area contributed by atoms with Gasteiger partial charge in [0.25, 0.3) is 0 Å². The Bertz CT molecular complexity index is 884. The van der Waals surface area contributed by atoms with E-state index < -0.39 is 0 Å². The number of fused-ring (bicyclic) bond motifs is 1. The van der Waals surface area contributed by atoms with Crippen LogP contribution in [0.5, 0.6) is 23.0 Å². The third-order valence-corrected chi connectivity index (χ3v) is 5.91. The standard InChI is InChI=1S/C23H29BrN2O5.2ClH/c1-27-22-14-18(15-25-4-5-26-6-8-28-9-7-26)12-19(24)23(22)31-16-17-2-3-20-21(13-17)30-11-10-29-20;;/h2-3,12-14,25H,4-11,15-16H2,1H3;2*1H. The fourth-order valence-corrected chi connectivity index (χ4v) is 4.25. The fraction of sp³-hybridized carbons (Fsp3) is 0.478. The van der Waals surface area contributed by atoms with E-state index in [4.69, 9.17) is 23.7 Å². The zero-order valence-corrected chi connectivity index (χ0v) is 21.9. The minimum absolute atomic E-state index is 0. The largest absolute Gasteiger partial charge is 0.493 e. The highest BCUT2D eigenvalue weighted by atomic mass is 79.9. The molecule has 0 atom stereocenters. The van der Waals surface area contributed by atoms with Crippen molar-refractivity contribution in [2.45, 2.75) is 13.2 Å². The normalized spacial score (nSPS) is 15.2. The van der Waals surface area contributed by atoms with Gasteiger partial charge in [0.1, 0.15) is 19.8 Å². The van der Waals surface area contributed by atoms with Crippen LogP contribution in [0.2, 0.25) is 0 Å². The third kappa shape index (κ3) is 7.80. The van der Waals surface area contributed by atoms with E-state index in [2.05, 4.69) is 32.2 Å². The molecule has 0 radical (unpaired) electrons. The number of hydrogen-bond donors (Lipinski definition) is 1. The Hall–Kier alpha value is -1.42. The molecular formula is C23H31BrCl2N2O5. The molecule has 2 aromatic carbocycles. The molecule has 4 rings (SSSR count). The second-order valence-electron chi connectivity index (χ2n) is 7.51. The number of morpholine rings is 1. The predicted octanol–water partition coefficient (Wildman–Crippen LogP) is 4.07. The smallest absolute Gasteiger partial charge is 0.175 e. The van der Waals surface area contributed by atoms with Gasteiger partial charge >= 0.3 is 0 Å². The Morgan fingerprint density at radius 1 is 0.970 bits per heavy atom. The van der Waals surface area contributed by atoms with Gasteiger partial charge < -0.3 is 29.0 Å². The molecule has 2 heterocycles. The van der Waals surface area contributed by atoms with Crippen LogP contribution < -0.4 is 24.3 Å². The van der Waals surface area contributed by atoms with E-state index in [0.717, 1.165) is 73.0 Å². The molecule has 0 saturated carbocycles. The summed E-state index contributed by atoms with van der Waals surface area (Å²) in [6, 6.07) is 9.96. The highest BCUT2D eigenvalue weighted by Crippen LogP contribution is 2.38. The molecule has 2 aliphatic rings. The molecule has 2 aliphatic heterocycles. The van der Waals surface area contributed by atoms with Crippen LogP contribution >= 0.6 is 40.7 Å². The maximum atomic E-state index is 6.09. The Morgan fingerprint density at radius 3 is 2.48 bits per heavy atom. The van der Waals surface area contributed by atoms with E-state index in [1.165, 1.54) is 0 Å². The maximum Gasteiger partial charge on any atom is 0.175 e. The van der Waals surface area contributed by atoms with Crippen LogP contribution in [0.15, 0.2) is 34.8 Å². The minimum atomic E-state index is 0. The van der Waals surface area contributed by atoms with Gasteiger partial charge in [-0.25, -0.2) is 0 Å². The van der Waals surface area contributed by atoms with Crippen molar-refractivity contribution in [1.82, 2.24) is 10.2 Å². The van der Waals surface area contributed by atoms with Crippen LogP contribution in [-0.4, -0.2) is 64.6 Å². The predicted molar refractivity (Wildman–Crippen MR) is 136 cm³/mol. The van der Waals surface area contributed by atoms with Gasteiger partial charge in [-0.3, -0.25) is 4.90 Å². The molecule has 1 saturated heterocycles. The minimum Gasteiger partial charge on any atom is -0.493 e. The van der Waals surface area contributed by atoms with Crippen LogP contribution in [0, 0.1) is 0 Å². The van der Waals surface area contributed by atoms with E-state index >= 15 is 0 Å². The summed E-state index contributed by atoms with van der Waals surface area (Å²) in [6.07, 6.45) is 0. The van der Waals surface area contributed by atoms with Crippen LogP contribution in [0.1, 0.15) is 11.1 Å². The lowest BCUT2D eigenvalue weighted by molar-refractivity contribution is 0.0384. The lowest BCUT2D eigenvalue weighted by Crippen LogP contribution is -2.40. The first-order valence-corrected chi connectivity index (χ1v) is 11.4. The summed E-state index contributed by atoms with van der Waals surface area (Å²) in [6.45, 7) is 7.97. The summed E-state index contributed by atoms with van der Waals surface area (Å²) in [4.78, 5) is 2.42. The number of ether oxygens (including phenoxy) is 5. The second kappa shape index (κ2) is 14.1. The van der Waals surface area contributed by atoms with Crippen LogP contribution in [-0.2, 0) is 17.9 Å². The van der Waals surface area contributed by atoms with Crippen molar-refractivity contribution in [3.63, 3.8) is 0 Å². The number of nitrogens with zero attached hydrogens (tertiary/aromatic N) is 1. The van der Waals surface area contributed by atoms with Crippen LogP contribution in [0.25, 0.3) is 0 Å². The lowest BCUT2D eigenvalue weighted by atomic mass is 10.2. The maximum absolute atomic E-state index is 6.09. The number of halogens is 3. The van der Waals surface area contributed by atoms with Gasteiger partial charge in [0.15, 0.2) is 23.0 Å². The van der Waals surface area contributed by atoms with Crippen LogP contribution in [0.4, 0.5) is 0 Å². The summed E-state index contributed by atoms with van der Waals surface area (Å²) < 4.78 is 29.2. The SMILES string of the molecule is COc1cc(CNCCN2CCOCC2)cc(Br)c1OCc1ccc2c(c1)OCCO2.Cl.Cl. The van der Waals surface area contributed by atoms with Gasteiger partial charge in [0.05, 0.1) is 24.8 Å². The molecule has 0 unspecified atom stereocenters. The Kier molecular flexibility index (Phi) is 11.9. The zero-order valence-electron chi connectivity index (χ0n) is 18.6. The number of methoxy groups -OCH3 is 1. The fourth-order valence-electron chi connectivity index (χ4n) is 3.64. The molecule has 7 nitrogen and oxygen atoms in total. The molecular weight excluding hydrogens is 535 g/mol. The first-order valence-electron chi connectivity index (χ1n) is 10.6. The number of benzene rings is 2. The summed E-state index contributed by atoms with van der Waals surface area (Å²) >= 11 is 3.64. The average molecular weight is 566 g/mol. The molecule has 0 bridgehead atoms.